The molecule has 0 N–H and O–H groups in total. The van der Waals surface area contributed by atoms with Gasteiger partial charge in [-0.2, -0.15) is 9.90 Å². The molecule has 0 amide bonds. The van der Waals surface area contributed by atoms with E-state index in [1.54, 1.807) is 0 Å². The second-order valence-corrected chi connectivity index (χ2v) is 13.2. The third-order valence-electron chi connectivity index (χ3n) is 6.32. The van der Waals surface area contributed by atoms with Crippen molar-refractivity contribution in [2.45, 2.75) is 179 Å². The highest BCUT2D eigenvalue weighted by Crippen LogP contribution is 2.42. The van der Waals surface area contributed by atoms with Crippen LogP contribution in [0.2, 0.25) is 0 Å². The van der Waals surface area contributed by atoms with Crippen LogP contribution in [0.3, 0.4) is 0 Å². The maximum absolute atomic E-state index is 2.49. The first kappa shape index (κ1) is 33.0. The molecule has 0 heterocycles. The van der Waals surface area contributed by atoms with Crippen LogP contribution in [0.5, 0.6) is 0 Å². The lowest BCUT2D eigenvalue weighted by atomic mass is 10.0. The maximum Gasteiger partial charge on any atom is 0.0109 e. The number of thioether (sulfide) groups is 1. The predicted octanol–water partition coefficient (Wildman–Crippen LogP) is 11.2. The summed E-state index contributed by atoms with van der Waals surface area (Å²) in [6.07, 6.45) is 28.7. The van der Waals surface area contributed by atoms with Crippen LogP contribution < -0.4 is 0 Å². The minimum Gasteiger partial charge on any atom is -0.153 e. The Labute approximate surface area is 200 Å². The van der Waals surface area contributed by atoms with Gasteiger partial charge in [-0.25, -0.2) is 0 Å². The van der Waals surface area contributed by atoms with Crippen LogP contribution in [0.15, 0.2) is 0 Å². The van der Waals surface area contributed by atoms with E-state index in [0.717, 1.165) is 0 Å². The summed E-state index contributed by atoms with van der Waals surface area (Å²) in [5.74, 6) is 0. The summed E-state index contributed by atoms with van der Waals surface area (Å²) in [7, 11) is 0. The molecule has 0 aliphatic carbocycles. The largest absolute Gasteiger partial charge is 0.153 e. The van der Waals surface area contributed by atoms with Crippen molar-refractivity contribution < 1.29 is 0 Å². The van der Waals surface area contributed by atoms with Crippen LogP contribution in [-0.4, -0.2) is 9.49 Å². The monoisotopic (exact) mass is 460 g/mol. The molecule has 0 aromatic heterocycles. The third-order valence-corrected chi connectivity index (χ3v) is 7.83. The Morgan fingerprint density at radius 3 is 0.900 bits per heavy atom. The van der Waals surface area contributed by atoms with Crippen molar-refractivity contribution in [1.29, 1.82) is 0 Å². The van der Waals surface area contributed by atoms with Crippen molar-refractivity contribution in [3.8, 4) is 0 Å². The fourth-order valence-electron chi connectivity index (χ4n) is 4.57. The van der Waals surface area contributed by atoms with Gasteiger partial charge in [0.05, 0.1) is 0 Å². The molecule has 0 aliphatic rings. The first-order chi connectivity index (χ1) is 13.8. The Bertz CT molecular complexity index is 306. The molecule has 0 fully saturated rings. The minimum atomic E-state index is 0. The molecule has 0 nitrogen and oxygen atoms in total. The fraction of sp³-hybridized carbons (Fsp3) is 1.00. The summed E-state index contributed by atoms with van der Waals surface area (Å²) >= 11 is 2.26. The van der Waals surface area contributed by atoms with Gasteiger partial charge in [0.15, 0.2) is 0 Å². The van der Waals surface area contributed by atoms with Crippen molar-refractivity contribution in [3.05, 3.63) is 0 Å². The highest BCUT2D eigenvalue weighted by atomic mass is 32.2. The van der Waals surface area contributed by atoms with Crippen LogP contribution in [0.1, 0.15) is 170 Å². The van der Waals surface area contributed by atoms with E-state index >= 15 is 0 Å². The first-order valence-electron chi connectivity index (χ1n) is 13.5. The average molecular weight is 461 g/mol. The molecule has 0 saturated carbocycles. The molecule has 1 unspecified atom stereocenters. The van der Waals surface area contributed by atoms with Crippen molar-refractivity contribution >= 4 is 21.7 Å². The zero-order valence-electron chi connectivity index (χ0n) is 22.3. The van der Waals surface area contributed by atoms with Crippen LogP contribution in [-0.2, 0) is 0 Å². The van der Waals surface area contributed by atoms with Gasteiger partial charge in [-0.1, -0.05) is 157 Å². The summed E-state index contributed by atoms with van der Waals surface area (Å²) in [5.41, 5.74) is 0. The topological polar surface area (TPSA) is 0 Å². The molecule has 0 saturated heterocycles. The molecule has 0 radical (unpaired) electrons. The number of unbranched alkanes of at least 4 members (excludes halogenated alkanes) is 16. The molecule has 1 atom stereocenters. The third kappa shape index (κ3) is 23.4. The highest BCUT2D eigenvalue weighted by Gasteiger charge is 2.28. The van der Waals surface area contributed by atoms with E-state index in [0.29, 0.717) is 9.49 Å². The van der Waals surface area contributed by atoms with Gasteiger partial charge >= 0.3 is 0 Å². The molecule has 0 rings (SSSR count). The van der Waals surface area contributed by atoms with Crippen LogP contribution in [0.4, 0.5) is 0 Å². The highest BCUT2D eigenvalue weighted by molar-refractivity contribution is 8.01. The minimum absolute atomic E-state index is 0. The van der Waals surface area contributed by atoms with Crippen molar-refractivity contribution in [2.24, 2.45) is 0 Å². The molecule has 0 aromatic carbocycles. The van der Waals surface area contributed by atoms with E-state index in [1.165, 1.54) is 128 Å². The summed E-state index contributed by atoms with van der Waals surface area (Å²) in [5, 5.41) is 0. The molecule has 0 aromatic rings. The molecule has 0 aliphatic heterocycles. The zero-order valence-corrected chi connectivity index (χ0v) is 24.5. The van der Waals surface area contributed by atoms with E-state index in [9.17, 15) is 0 Å². The average Bonchev–Trinajstić information content (AvgIpc) is 2.64. The van der Waals surface area contributed by atoms with Crippen LogP contribution in [0.25, 0.3) is 0 Å². The van der Waals surface area contributed by atoms with E-state index in [1.807, 2.05) is 0 Å². The zero-order chi connectivity index (χ0) is 21.8. The smallest absolute Gasteiger partial charge is 0.0109 e. The molecular weight excluding hydrogens is 399 g/mol. The standard InChI is InChI=1S/C28H58S.H3P/c1-7-9-11-13-15-17-19-21-23-25-27(3,4)29-28(5,6)26-24-22-20-18-16-14-12-10-8-2;/h7-26H2,1-6H3;1H3. The Hall–Kier alpha value is 0.780. The van der Waals surface area contributed by atoms with Gasteiger partial charge in [0.25, 0.3) is 0 Å². The Kier molecular flexibility index (Phi) is 23.7. The van der Waals surface area contributed by atoms with Crippen molar-refractivity contribution in [2.75, 3.05) is 0 Å². The van der Waals surface area contributed by atoms with Crippen molar-refractivity contribution in [3.63, 3.8) is 0 Å². The van der Waals surface area contributed by atoms with Gasteiger partial charge in [-0.15, -0.1) is 11.8 Å². The van der Waals surface area contributed by atoms with Gasteiger partial charge < -0.3 is 0 Å². The molecule has 2 heteroatoms. The lowest BCUT2D eigenvalue weighted by molar-refractivity contribution is 0.510. The predicted molar refractivity (Wildman–Crippen MR) is 151 cm³/mol. The Balaban J connectivity index is 0. The van der Waals surface area contributed by atoms with Crippen LogP contribution in [0, 0.1) is 0 Å². The Morgan fingerprint density at radius 1 is 0.400 bits per heavy atom. The second-order valence-electron chi connectivity index (χ2n) is 10.8. The lowest BCUT2D eigenvalue weighted by Crippen LogP contribution is -2.26. The van der Waals surface area contributed by atoms with Gasteiger partial charge in [-0.05, 0) is 12.8 Å². The van der Waals surface area contributed by atoms with Gasteiger partial charge in [0, 0.05) is 9.49 Å². The summed E-state index contributed by atoms with van der Waals surface area (Å²) < 4.78 is 0.869. The van der Waals surface area contributed by atoms with E-state index in [2.05, 4.69) is 53.3 Å². The fourth-order valence-corrected chi connectivity index (χ4v) is 6.56. The normalized spacial score (nSPS) is 12.2. The van der Waals surface area contributed by atoms with Gasteiger partial charge in [0.1, 0.15) is 0 Å². The molecule has 0 bridgehead atoms. The van der Waals surface area contributed by atoms with Crippen molar-refractivity contribution in [1.82, 2.24) is 0 Å². The quantitative estimate of drug-likeness (QED) is 0.114. The van der Waals surface area contributed by atoms with E-state index in [4.69, 9.17) is 0 Å². The summed E-state index contributed by atoms with van der Waals surface area (Å²) in [6.45, 7) is 14.6. The van der Waals surface area contributed by atoms with Gasteiger partial charge in [-0.3, -0.25) is 0 Å². The summed E-state index contributed by atoms with van der Waals surface area (Å²) in [6, 6.07) is 0. The van der Waals surface area contributed by atoms with E-state index < -0.39 is 0 Å². The molecule has 184 valence electrons. The van der Waals surface area contributed by atoms with Gasteiger partial charge in [0.2, 0.25) is 0 Å². The second kappa shape index (κ2) is 21.6. The number of hydrogen-bond acceptors (Lipinski definition) is 1. The lowest BCUT2D eigenvalue weighted by Gasteiger charge is -2.35. The molecule has 0 spiro atoms. The van der Waals surface area contributed by atoms with Crippen LogP contribution >= 0.6 is 21.7 Å². The first-order valence-corrected chi connectivity index (χ1v) is 14.3. The summed E-state index contributed by atoms with van der Waals surface area (Å²) in [4.78, 5) is 0. The number of hydrogen-bond donors (Lipinski definition) is 0. The maximum atomic E-state index is 2.49. The Morgan fingerprint density at radius 2 is 0.633 bits per heavy atom. The molecular formula is C28H61PS. The number of rotatable bonds is 22. The van der Waals surface area contributed by atoms with E-state index in [-0.39, 0.29) is 9.90 Å². The molecule has 30 heavy (non-hydrogen) atoms. The SMILES string of the molecule is CCCCCCCCCCCC(C)(C)SC(C)(C)CCCCCCCCCCC.P.